The molecule has 110 valence electrons. The number of likely N-dealkylation sites (N-methyl/N-ethyl adjacent to an activating group) is 1. The largest absolute Gasteiger partial charge is 0.480 e. The van der Waals surface area contributed by atoms with E-state index in [2.05, 4.69) is 0 Å². The van der Waals surface area contributed by atoms with Gasteiger partial charge >= 0.3 is 12.0 Å². The van der Waals surface area contributed by atoms with Gasteiger partial charge in [-0.2, -0.15) is 0 Å². The summed E-state index contributed by atoms with van der Waals surface area (Å²) >= 11 is 0. The molecule has 0 spiro atoms. The van der Waals surface area contributed by atoms with E-state index >= 15 is 0 Å². The van der Waals surface area contributed by atoms with Crippen LogP contribution in [0.1, 0.15) is 12.5 Å². The van der Waals surface area contributed by atoms with E-state index < -0.39 is 18.5 Å². The first-order valence-corrected chi connectivity index (χ1v) is 6.45. The van der Waals surface area contributed by atoms with Gasteiger partial charge in [-0.25, -0.2) is 4.79 Å². The summed E-state index contributed by atoms with van der Waals surface area (Å²) in [5.74, 6) is -1.08. The van der Waals surface area contributed by atoms with Crippen molar-refractivity contribution in [1.29, 1.82) is 0 Å². The molecular weight excluding hydrogens is 260 g/mol. The van der Waals surface area contributed by atoms with Gasteiger partial charge in [-0.1, -0.05) is 17.7 Å². The predicted molar refractivity (Wildman–Crippen MR) is 75.9 cm³/mol. The Kier molecular flexibility index (Phi) is 5.99. The molecule has 0 saturated heterocycles. The summed E-state index contributed by atoms with van der Waals surface area (Å²) in [5.41, 5.74) is 1.55. The van der Waals surface area contributed by atoms with Crippen LogP contribution in [0.15, 0.2) is 24.3 Å². The number of aliphatic hydroxyl groups excluding tert-OH is 1. The lowest BCUT2D eigenvalue weighted by Gasteiger charge is -2.28. The van der Waals surface area contributed by atoms with Crippen LogP contribution in [0, 0.1) is 6.92 Å². The zero-order chi connectivity index (χ0) is 15.1. The second-order valence-electron chi connectivity index (χ2n) is 4.40. The molecule has 2 N–H and O–H groups in total. The molecule has 6 heteroatoms. The predicted octanol–water partition coefficient (Wildman–Crippen LogP) is 1.32. The van der Waals surface area contributed by atoms with Crippen molar-refractivity contribution in [3.63, 3.8) is 0 Å². The zero-order valence-electron chi connectivity index (χ0n) is 11.7. The van der Waals surface area contributed by atoms with Crippen LogP contribution in [0.25, 0.3) is 0 Å². The molecule has 6 nitrogen and oxygen atoms in total. The Balaban J connectivity index is 3.01. The number of benzene rings is 1. The lowest BCUT2D eigenvalue weighted by atomic mass is 10.2. The first-order valence-electron chi connectivity index (χ1n) is 6.45. The Labute approximate surface area is 118 Å². The van der Waals surface area contributed by atoms with Gasteiger partial charge in [-0.05, 0) is 26.0 Å². The summed E-state index contributed by atoms with van der Waals surface area (Å²) in [5, 5.41) is 17.9. The maximum absolute atomic E-state index is 12.4. The highest BCUT2D eigenvalue weighted by atomic mass is 16.4. The van der Waals surface area contributed by atoms with Gasteiger partial charge in [0.2, 0.25) is 0 Å². The van der Waals surface area contributed by atoms with Crippen LogP contribution in [0.2, 0.25) is 0 Å². The number of nitrogens with zero attached hydrogens (tertiary/aromatic N) is 2. The van der Waals surface area contributed by atoms with Crippen molar-refractivity contribution >= 4 is 17.7 Å². The summed E-state index contributed by atoms with van der Waals surface area (Å²) in [6.07, 6.45) is 0. The monoisotopic (exact) mass is 280 g/mol. The summed E-state index contributed by atoms with van der Waals surface area (Å²) in [7, 11) is 0. The Bertz CT molecular complexity index is 459. The molecule has 2 amide bonds. The van der Waals surface area contributed by atoms with Gasteiger partial charge in [0.25, 0.3) is 0 Å². The van der Waals surface area contributed by atoms with Gasteiger partial charge in [-0.3, -0.25) is 9.69 Å². The Morgan fingerprint density at radius 2 is 1.80 bits per heavy atom. The van der Waals surface area contributed by atoms with Crippen LogP contribution in [0.3, 0.4) is 0 Å². The van der Waals surface area contributed by atoms with Crippen LogP contribution >= 0.6 is 0 Å². The molecule has 0 aliphatic carbocycles. The number of carbonyl (C=O) groups excluding carboxylic acids is 1. The van der Waals surface area contributed by atoms with Gasteiger partial charge in [0.1, 0.15) is 6.54 Å². The third-order valence-corrected chi connectivity index (χ3v) is 2.89. The number of rotatable bonds is 6. The molecule has 1 aromatic carbocycles. The molecule has 20 heavy (non-hydrogen) atoms. The highest BCUT2D eigenvalue weighted by molar-refractivity contribution is 5.96. The number of carboxylic acids is 1. The number of amides is 2. The molecule has 0 aliphatic heterocycles. The average molecular weight is 280 g/mol. The Morgan fingerprint density at radius 1 is 1.20 bits per heavy atom. The minimum Gasteiger partial charge on any atom is -0.480 e. The lowest BCUT2D eigenvalue weighted by Crippen LogP contribution is -2.46. The number of aliphatic carboxylic acids is 1. The molecule has 0 radical (unpaired) electrons. The first-order chi connectivity index (χ1) is 9.49. The molecule has 0 aromatic heterocycles. The first kappa shape index (κ1) is 16.0. The van der Waals surface area contributed by atoms with Gasteiger partial charge in [0, 0.05) is 18.8 Å². The van der Waals surface area contributed by atoms with Crippen molar-refractivity contribution in [2.75, 3.05) is 31.1 Å². The highest BCUT2D eigenvalue weighted by Gasteiger charge is 2.23. The number of aryl methyl sites for hydroxylation is 1. The second kappa shape index (κ2) is 7.49. The lowest BCUT2D eigenvalue weighted by molar-refractivity contribution is -0.135. The maximum Gasteiger partial charge on any atom is 0.325 e. The molecule has 0 aliphatic rings. The molecule has 1 rings (SSSR count). The van der Waals surface area contributed by atoms with Gasteiger partial charge < -0.3 is 15.1 Å². The van der Waals surface area contributed by atoms with Crippen molar-refractivity contribution in [3.8, 4) is 0 Å². The van der Waals surface area contributed by atoms with Crippen molar-refractivity contribution < 1.29 is 19.8 Å². The fraction of sp³-hybridized carbons (Fsp3) is 0.429. The molecule has 0 heterocycles. The third kappa shape index (κ3) is 4.24. The van der Waals surface area contributed by atoms with Crippen LogP contribution in [-0.2, 0) is 4.79 Å². The van der Waals surface area contributed by atoms with E-state index in [4.69, 9.17) is 10.2 Å². The van der Waals surface area contributed by atoms with E-state index in [1.54, 1.807) is 19.1 Å². The number of hydrogen-bond acceptors (Lipinski definition) is 3. The average Bonchev–Trinajstić information content (AvgIpc) is 2.42. The number of urea groups is 1. The van der Waals surface area contributed by atoms with Crippen molar-refractivity contribution in [3.05, 3.63) is 29.8 Å². The summed E-state index contributed by atoms with van der Waals surface area (Å²) in [6, 6.07) is 6.64. The number of carboxylic acid groups (broad SMARTS) is 1. The van der Waals surface area contributed by atoms with Gasteiger partial charge in [0.15, 0.2) is 0 Å². The molecule has 0 atom stereocenters. The molecular formula is C14H20N2O4. The highest BCUT2D eigenvalue weighted by Crippen LogP contribution is 2.17. The topological polar surface area (TPSA) is 81.1 Å². The molecule has 0 fully saturated rings. The maximum atomic E-state index is 12.4. The van der Waals surface area contributed by atoms with E-state index in [0.29, 0.717) is 12.2 Å². The van der Waals surface area contributed by atoms with Gasteiger partial charge in [0.05, 0.1) is 6.61 Å². The SMILES string of the molecule is CCN(CCO)C(=O)N(CC(=O)O)c1ccc(C)cc1. The number of carbonyl (C=O) groups is 2. The number of anilines is 1. The minimum absolute atomic E-state index is 0.158. The Morgan fingerprint density at radius 3 is 2.25 bits per heavy atom. The van der Waals surface area contributed by atoms with E-state index in [9.17, 15) is 9.59 Å². The van der Waals surface area contributed by atoms with Crippen molar-refractivity contribution in [1.82, 2.24) is 4.90 Å². The van der Waals surface area contributed by atoms with Crippen LogP contribution in [0.4, 0.5) is 10.5 Å². The summed E-state index contributed by atoms with van der Waals surface area (Å²) in [6.45, 7) is 3.70. The fourth-order valence-corrected chi connectivity index (χ4v) is 1.81. The van der Waals surface area contributed by atoms with Gasteiger partial charge in [-0.15, -0.1) is 0 Å². The molecule has 1 aromatic rings. The molecule has 0 bridgehead atoms. The van der Waals surface area contributed by atoms with E-state index in [1.165, 1.54) is 9.80 Å². The van der Waals surface area contributed by atoms with Crippen LogP contribution < -0.4 is 4.90 Å². The summed E-state index contributed by atoms with van der Waals surface area (Å²) in [4.78, 5) is 25.9. The van der Waals surface area contributed by atoms with Crippen molar-refractivity contribution in [2.45, 2.75) is 13.8 Å². The minimum atomic E-state index is -1.08. The van der Waals surface area contributed by atoms with E-state index in [1.807, 2.05) is 19.1 Å². The van der Waals surface area contributed by atoms with Crippen LogP contribution in [0.5, 0.6) is 0 Å². The van der Waals surface area contributed by atoms with Crippen LogP contribution in [-0.4, -0.2) is 53.4 Å². The fourth-order valence-electron chi connectivity index (χ4n) is 1.81. The zero-order valence-corrected chi connectivity index (χ0v) is 11.7. The molecule has 0 unspecified atom stereocenters. The smallest absolute Gasteiger partial charge is 0.325 e. The van der Waals surface area contributed by atoms with Crippen molar-refractivity contribution in [2.24, 2.45) is 0 Å². The standard InChI is InChI=1S/C14H20N2O4/c1-3-15(8-9-17)14(20)16(10-13(18)19)12-6-4-11(2)5-7-12/h4-7,17H,3,8-10H2,1-2H3,(H,18,19). The molecule has 0 saturated carbocycles. The van der Waals surface area contributed by atoms with E-state index in [-0.39, 0.29) is 13.2 Å². The summed E-state index contributed by atoms with van der Waals surface area (Å²) < 4.78 is 0. The number of hydrogen-bond donors (Lipinski definition) is 2. The second-order valence-corrected chi connectivity index (χ2v) is 4.40. The Hall–Kier alpha value is -2.08. The number of aliphatic hydroxyl groups is 1. The third-order valence-electron chi connectivity index (χ3n) is 2.89. The quantitative estimate of drug-likeness (QED) is 0.823. The normalized spacial score (nSPS) is 10.2. The van der Waals surface area contributed by atoms with E-state index in [0.717, 1.165) is 5.56 Å².